The lowest BCUT2D eigenvalue weighted by molar-refractivity contribution is 0.345. The summed E-state index contributed by atoms with van der Waals surface area (Å²) < 4.78 is 29.2. The summed E-state index contributed by atoms with van der Waals surface area (Å²) in [6.45, 7) is 1.95. The molecule has 1 saturated carbocycles. The third kappa shape index (κ3) is 5.22. The smallest absolute Gasteiger partial charge is 0.240 e. The second-order valence-corrected chi connectivity index (χ2v) is 14.2. The van der Waals surface area contributed by atoms with E-state index in [4.69, 9.17) is 11.8 Å². The maximum Gasteiger partial charge on any atom is 0.240 e. The van der Waals surface area contributed by atoms with Gasteiger partial charge in [0.15, 0.2) is 0 Å². The van der Waals surface area contributed by atoms with Crippen molar-refractivity contribution in [2.75, 3.05) is 0 Å². The average Bonchev–Trinajstić information content (AvgIpc) is 2.81. The van der Waals surface area contributed by atoms with Crippen LogP contribution in [0.2, 0.25) is 0 Å². The molecule has 3 aromatic carbocycles. The molecule has 0 bridgehead atoms. The van der Waals surface area contributed by atoms with Gasteiger partial charge in [-0.05, 0) is 31.9 Å². The molecule has 1 aliphatic carbocycles. The fourth-order valence-electron chi connectivity index (χ4n) is 4.22. The van der Waals surface area contributed by atoms with E-state index in [9.17, 15) is 8.42 Å². The molecule has 0 unspecified atom stereocenters. The van der Waals surface area contributed by atoms with Gasteiger partial charge >= 0.3 is 0 Å². The lowest BCUT2D eigenvalue weighted by Gasteiger charge is -2.37. The molecule has 4 nitrogen and oxygen atoms in total. The number of hydrogen-bond acceptors (Lipinski definition) is 3. The second-order valence-electron chi connectivity index (χ2n) is 8.34. The molecule has 32 heavy (non-hydrogen) atoms. The molecule has 7 heteroatoms. The van der Waals surface area contributed by atoms with E-state index in [0.29, 0.717) is 4.90 Å². The summed E-state index contributed by atoms with van der Waals surface area (Å²) in [5.41, 5.74) is 1.03. The molecule has 4 rings (SSSR count). The zero-order chi connectivity index (χ0) is 22.6. The summed E-state index contributed by atoms with van der Waals surface area (Å²) in [4.78, 5) is 0.304. The number of hydrogen-bond donors (Lipinski definition) is 2. The number of nitrogens with one attached hydrogen (secondary N) is 2. The van der Waals surface area contributed by atoms with Gasteiger partial charge in [-0.15, -0.1) is 0 Å². The third-order valence-corrected chi connectivity index (χ3v) is 11.8. The highest BCUT2D eigenvalue weighted by Crippen LogP contribution is 2.41. The highest BCUT2D eigenvalue weighted by atomic mass is 32.4. The molecule has 2 N–H and O–H groups in total. The van der Waals surface area contributed by atoms with Crippen molar-refractivity contribution in [3.63, 3.8) is 0 Å². The van der Waals surface area contributed by atoms with Gasteiger partial charge in [-0.3, -0.25) is 5.09 Å². The van der Waals surface area contributed by atoms with Crippen LogP contribution in [-0.4, -0.2) is 20.5 Å². The maximum absolute atomic E-state index is 13.1. The van der Waals surface area contributed by atoms with E-state index < -0.39 is 16.2 Å². The van der Waals surface area contributed by atoms with Crippen molar-refractivity contribution in [1.29, 1.82) is 0 Å². The maximum atomic E-state index is 13.1. The Hall–Kier alpha value is -1.82. The van der Waals surface area contributed by atoms with Crippen LogP contribution in [0.25, 0.3) is 0 Å². The van der Waals surface area contributed by atoms with Crippen molar-refractivity contribution in [3.05, 3.63) is 90.5 Å². The van der Waals surface area contributed by atoms with E-state index in [-0.39, 0.29) is 12.1 Å². The first kappa shape index (κ1) is 23.3. The van der Waals surface area contributed by atoms with Gasteiger partial charge in [-0.1, -0.05) is 103 Å². The van der Waals surface area contributed by atoms with Crippen LogP contribution in [0.5, 0.6) is 0 Å². The van der Waals surface area contributed by atoms with Gasteiger partial charge in [0.25, 0.3) is 0 Å². The molecule has 0 heterocycles. The summed E-state index contributed by atoms with van der Waals surface area (Å²) in [5.74, 6) is 0. The van der Waals surface area contributed by atoms with Crippen molar-refractivity contribution in [1.82, 2.24) is 9.81 Å². The van der Waals surface area contributed by atoms with E-state index in [1.54, 1.807) is 12.1 Å². The fraction of sp³-hybridized carbons (Fsp3) is 0.280. The number of rotatable bonds is 7. The van der Waals surface area contributed by atoms with Crippen LogP contribution < -0.4 is 20.4 Å². The van der Waals surface area contributed by atoms with Gasteiger partial charge in [0.2, 0.25) is 10.0 Å². The van der Waals surface area contributed by atoms with Crippen molar-refractivity contribution in [2.45, 2.75) is 49.6 Å². The van der Waals surface area contributed by atoms with Gasteiger partial charge in [-0.2, -0.15) is 0 Å². The highest BCUT2D eigenvalue weighted by Gasteiger charge is 2.34. The predicted octanol–water partition coefficient (Wildman–Crippen LogP) is 4.22. The topological polar surface area (TPSA) is 58.2 Å². The van der Waals surface area contributed by atoms with Gasteiger partial charge in [0, 0.05) is 22.7 Å². The Morgan fingerprint density at radius 1 is 0.781 bits per heavy atom. The van der Waals surface area contributed by atoms with E-state index >= 15 is 0 Å². The zero-order valence-corrected chi connectivity index (χ0v) is 20.7. The largest absolute Gasteiger partial charge is 0.277 e. The molecule has 0 saturated heterocycles. The van der Waals surface area contributed by atoms with Crippen LogP contribution in [0.1, 0.15) is 31.2 Å². The van der Waals surface area contributed by atoms with Crippen LogP contribution in [0.15, 0.2) is 89.8 Å². The number of aryl methyl sites for hydroxylation is 1. The first-order chi connectivity index (χ1) is 15.4. The molecule has 0 aliphatic heterocycles. The van der Waals surface area contributed by atoms with E-state index in [0.717, 1.165) is 41.9 Å². The lowest BCUT2D eigenvalue weighted by atomic mass is 9.92. The monoisotopic (exact) mass is 484 g/mol. The summed E-state index contributed by atoms with van der Waals surface area (Å²) in [6, 6.07) is 27.1. The predicted molar refractivity (Wildman–Crippen MR) is 137 cm³/mol. The van der Waals surface area contributed by atoms with Crippen LogP contribution in [0.4, 0.5) is 0 Å². The molecule has 0 spiro atoms. The van der Waals surface area contributed by atoms with E-state index in [1.807, 2.05) is 55.5 Å². The molecule has 168 valence electrons. The van der Waals surface area contributed by atoms with Crippen LogP contribution in [0, 0.1) is 6.92 Å². The SMILES string of the molecule is Cc1ccc(S(=O)(=O)N[C@@H]2CCCC[C@H]2NP(=S)(c2ccccc2)c2ccccc2)cc1. The summed E-state index contributed by atoms with van der Waals surface area (Å²) >= 11 is 6.34. The van der Waals surface area contributed by atoms with Gasteiger partial charge in [0.05, 0.1) is 11.1 Å². The second kappa shape index (κ2) is 9.98. The molecule has 1 aliphatic rings. The van der Waals surface area contributed by atoms with Gasteiger partial charge in [-0.25, -0.2) is 13.1 Å². The normalized spacial score (nSPS) is 19.5. The minimum absolute atomic E-state index is 0.0322. The number of benzene rings is 3. The molecular formula is C25H29N2O2PS2. The summed E-state index contributed by atoms with van der Waals surface area (Å²) in [6.07, 6.45) is 1.41. The van der Waals surface area contributed by atoms with E-state index in [2.05, 4.69) is 34.1 Å². The first-order valence-electron chi connectivity index (χ1n) is 11.0. The fourth-order valence-corrected chi connectivity index (χ4v) is 9.22. The van der Waals surface area contributed by atoms with Crippen molar-refractivity contribution in [2.24, 2.45) is 0 Å². The molecule has 0 amide bonds. The minimum Gasteiger partial charge on any atom is -0.277 e. The molecule has 3 aromatic rings. The Morgan fingerprint density at radius 3 is 1.81 bits per heavy atom. The van der Waals surface area contributed by atoms with Crippen LogP contribution in [0.3, 0.4) is 0 Å². The molecule has 0 aromatic heterocycles. The van der Waals surface area contributed by atoms with Crippen molar-refractivity contribution >= 4 is 38.6 Å². The first-order valence-corrected chi connectivity index (χ1v) is 15.3. The average molecular weight is 485 g/mol. The molecular weight excluding hydrogens is 455 g/mol. The quantitative estimate of drug-likeness (QED) is 0.493. The Kier molecular flexibility index (Phi) is 7.28. The summed E-state index contributed by atoms with van der Waals surface area (Å²) in [7, 11) is -3.61. The Bertz CT molecular complexity index is 1140. The van der Waals surface area contributed by atoms with Gasteiger partial charge < -0.3 is 0 Å². The Balaban J connectivity index is 1.64. The minimum atomic E-state index is -3.61. The third-order valence-electron chi connectivity index (χ3n) is 5.99. The summed E-state index contributed by atoms with van der Waals surface area (Å²) in [5, 5.41) is 5.98. The molecule has 0 radical (unpaired) electrons. The van der Waals surface area contributed by atoms with Crippen LogP contribution in [-0.2, 0) is 21.8 Å². The van der Waals surface area contributed by atoms with E-state index in [1.165, 1.54) is 0 Å². The zero-order valence-electron chi connectivity index (χ0n) is 18.1. The highest BCUT2D eigenvalue weighted by molar-refractivity contribution is 8.20. The standard InChI is InChI=1S/C25H29N2O2PS2/c1-20-16-18-23(19-17-20)32(28,29)27-25-15-9-8-14-24(25)26-30(31,21-10-4-2-5-11-21)22-12-6-3-7-13-22/h2-7,10-13,16-19,24-25,27H,8-9,14-15H2,1H3,(H,26,31)/t24-,25-/m1/s1. The van der Waals surface area contributed by atoms with Crippen molar-refractivity contribution < 1.29 is 8.42 Å². The van der Waals surface area contributed by atoms with Crippen molar-refractivity contribution in [3.8, 4) is 0 Å². The Labute approximate surface area is 196 Å². The van der Waals surface area contributed by atoms with Gasteiger partial charge in [0.1, 0.15) is 0 Å². The lowest BCUT2D eigenvalue weighted by Crippen LogP contribution is -2.52. The molecule has 2 atom stereocenters. The Morgan fingerprint density at radius 2 is 1.28 bits per heavy atom. The number of sulfonamides is 1. The molecule has 1 fully saturated rings. The van der Waals surface area contributed by atoms with Crippen LogP contribution >= 0.6 is 6.19 Å².